The fourth-order valence-electron chi connectivity index (χ4n) is 3.03. The van der Waals surface area contributed by atoms with Gasteiger partial charge in [0, 0.05) is 18.7 Å². The second-order valence-electron chi connectivity index (χ2n) is 6.41. The lowest BCUT2D eigenvalue weighted by Gasteiger charge is -2.34. The number of anilines is 1. The number of benzene rings is 1. The van der Waals surface area contributed by atoms with Crippen LogP contribution in [0.1, 0.15) is 30.9 Å². The Kier molecular flexibility index (Phi) is 5.77. The average Bonchev–Trinajstić information content (AvgIpc) is 2.56. The van der Waals surface area contributed by atoms with Gasteiger partial charge in [-0.1, -0.05) is 12.1 Å². The minimum atomic E-state index is -0.194. The van der Waals surface area contributed by atoms with Crippen molar-refractivity contribution in [2.75, 3.05) is 25.5 Å². The van der Waals surface area contributed by atoms with Crippen LogP contribution in [0.2, 0.25) is 0 Å². The van der Waals surface area contributed by atoms with Gasteiger partial charge in [-0.15, -0.1) is 0 Å². The van der Waals surface area contributed by atoms with Crippen LogP contribution in [0.3, 0.4) is 0 Å². The summed E-state index contributed by atoms with van der Waals surface area (Å²) in [7, 11) is 1.68. The zero-order valence-electron chi connectivity index (χ0n) is 14.5. The van der Waals surface area contributed by atoms with Crippen molar-refractivity contribution < 1.29 is 9.59 Å². The molecule has 1 aliphatic rings. The standard InChI is InChI=1S/C18H27N3O2/c1-12-5-6-13(2)16(11-12)20-17(22)14(3)21-9-7-15(8-10-21)18(23)19-4/h5-6,11,14-15H,7-10H2,1-4H3,(H,19,23)(H,20,22)/t14-/m1/s1. The molecule has 2 amide bonds. The van der Waals surface area contributed by atoms with Crippen LogP contribution in [0, 0.1) is 19.8 Å². The van der Waals surface area contributed by atoms with Crippen molar-refractivity contribution in [3.63, 3.8) is 0 Å². The first kappa shape index (κ1) is 17.5. The third kappa shape index (κ3) is 4.32. The van der Waals surface area contributed by atoms with Crippen molar-refractivity contribution >= 4 is 17.5 Å². The van der Waals surface area contributed by atoms with Gasteiger partial charge in [0.1, 0.15) is 0 Å². The normalized spacial score (nSPS) is 17.6. The minimum Gasteiger partial charge on any atom is -0.359 e. The highest BCUT2D eigenvalue weighted by Crippen LogP contribution is 2.21. The molecule has 126 valence electrons. The molecule has 1 saturated heterocycles. The molecule has 0 unspecified atom stereocenters. The van der Waals surface area contributed by atoms with Crippen molar-refractivity contribution in [3.05, 3.63) is 29.3 Å². The molecule has 0 spiro atoms. The van der Waals surface area contributed by atoms with Gasteiger partial charge in [0.25, 0.3) is 0 Å². The molecule has 1 fully saturated rings. The molecule has 1 atom stereocenters. The first-order valence-corrected chi connectivity index (χ1v) is 8.26. The van der Waals surface area contributed by atoms with Crippen LogP contribution < -0.4 is 10.6 Å². The maximum atomic E-state index is 12.5. The number of nitrogens with one attached hydrogen (secondary N) is 2. The monoisotopic (exact) mass is 317 g/mol. The van der Waals surface area contributed by atoms with Crippen LogP contribution in [0.25, 0.3) is 0 Å². The predicted molar refractivity (Wildman–Crippen MR) is 92.4 cm³/mol. The van der Waals surface area contributed by atoms with Gasteiger partial charge in [-0.05, 0) is 63.9 Å². The fraction of sp³-hybridized carbons (Fsp3) is 0.556. The van der Waals surface area contributed by atoms with E-state index in [1.165, 1.54) is 0 Å². The van der Waals surface area contributed by atoms with Gasteiger partial charge in [0.05, 0.1) is 6.04 Å². The average molecular weight is 317 g/mol. The highest BCUT2D eigenvalue weighted by Gasteiger charge is 2.29. The summed E-state index contributed by atoms with van der Waals surface area (Å²) in [6.45, 7) is 7.50. The lowest BCUT2D eigenvalue weighted by atomic mass is 9.95. The van der Waals surface area contributed by atoms with E-state index in [2.05, 4.69) is 15.5 Å². The Morgan fingerprint density at radius 2 is 1.87 bits per heavy atom. The van der Waals surface area contributed by atoms with E-state index in [0.717, 1.165) is 42.7 Å². The SMILES string of the molecule is CNC(=O)C1CCN([C@H](C)C(=O)Nc2cc(C)ccc2C)CC1. The molecule has 5 heteroatoms. The fourth-order valence-corrected chi connectivity index (χ4v) is 3.03. The summed E-state index contributed by atoms with van der Waals surface area (Å²) in [5.41, 5.74) is 3.07. The van der Waals surface area contributed by atoms with E-state index in [4.69, 9.17) is 0 Å². The van der Waals surface area contributed by atoms with Crippen molar-refractivity contribution in [3.8, 4) is 0 Å². The molecule has 0 saturated carbocycles. The quantitative estimate of drug-likeness (QED) is 0.894. The molecular weight excluding hydrogens is 290 g/mol. The van der Waals surface area contributed by atoms with Crippen molar-refractivity contribution in [1.29, 1.82) is 0 Å². The van der Waals surface area contributed by atoms with E-state index >= 15 is 0 Å². The summed E-state index contributed by atoms with van der Waals surface area (Å²) in [6, 6.07) is 5.86. The molecule has 1 aromatic carbocycles. The molecule has 1 aromatic rings. The molecule has 0 bridgehead atoms. The first-order chi connectivity index (χ1) is 10.9. The number of aryl methyl sites for hydroxylation is 2. The van der Waals surface area contributed by atoms with Gasteiger partial charge in [-0.3, -0.25) is 14.5 Å². The highest BCUT2D eigenvalue weighted by atomic mass is 16.2. The van der Waals surface area contributed by atoms with Crippen LogP contribution >= 0.6 is 0 Å². The topological polar surface area (TPSA) is 61.4 Å². The first-order valence-electron chi connectivity index (χ1n) is 8.26. The van der Waals surface area contributed by atoms with E-state index in [0.29, 0.717) is 0 Å². The number of likely N-dealkylation sites (tertiary alicyclic amines) is 1. The maximum Gasteiger partial charge on any atom is 0.241 e. The Bertz CT molecular complexity index is 578. The Morgan fingerprint density at radius 1 is 1.22 bits per heavy atom. The number of hydrogen-bond acceptors (Lipinski definition) is 3. The van der Waals surface area contributed by atoms with Gasteiger partial charge >= 0.3 is 0 Å². The van der Waals surface area contributed by atoms with Crippen molar-refractivity contribution in [2.45, 2.75) is 39.7 Å². The number of nitrogens with zero attached hydrogens (tertiary/aromatic N) is 1. The lowest BCUT2D eigenvalue weighted by molar-refractivity contribution is -0.126. The Hall–Kier alpha value is -1.88. The molecule has 0 radical (unpaired) electrons. The maximum absolute atomic E-state index is 12.5. The lowest BCUT2D eigenvalue weighted by Crippen LogP contribution is -2.47. The number of amides is 2. The number of carbonyl (C=O) groups is 2. The third-order valence-electron chi connectivity index (χ3n) is 4.72. The second-order valence-corrected chi connectivity index (χ2v) is 6.41. The summed E-state index contributed by atoms with van der Waals surface area (Å²) < 4.78 is 0. The highest BCUT2D eigenvalue weighted by molar-refractivity contribution is 5.95. The Morgan fingerprint density at radius 3 is 2.48 bits per heavy atom. The van der Waals surface area contributed by atoms with Crippen LogP contribution in [0.15, 0.2) is 18.2 Å². The summed E-state index contributed by atoms with van der Waals surface area (Å²) in [4.78, 5) is 26.3. The molecule has 0 aliphatic carbocycles. The number of piperidine rings is 1. The van der Waals surface area contributed by atoms with Gasteiger partial charge in [0.2, 0.25) is 11.8 Å². The molecular formula is C18H27N3O2. The van der Waals surface area contributed by atoms with Crippen LogP contribution in [-0.2, 0) is 9.59 Å². The molecule has 1 aliphatic heterocycles. The number of hydrogen-bond donors (Lipinski definition) is 2. The molecule has 2 rings (SSSR count). The van der Waals surface area contributed by atoms with E-state index < -0.39 is 0 Å². The minimum absolute atomic E-state index is 0.0112. The van der Waals surface area contributed by atoms with E-state index in [-0.39, 0.29) is 23.8 Å². The molecule has 2 N–H and O–H groups in total. The van der Waals surface area contributed by atoms with Gasteiger partial charge in [-0.25, -0.2) is 0 Å². The van der Waals surface area contributed by atoms with E-state index in [9.17, 15) is 9.59 Å². The molecule has 0 aromatic heterocycles. The van der Waals surface area contributed by atoms with E-state index in [1.54, 1.807) is 7.05 Å². The van der Waals surface area contributed by atoms with Crippen LogP contribution in [-0.4, -0.2) is 42.9 Å². The third-order valence-corrected chi connectivity index (χ3v) is 4.72. The molecule has 23 heavy (non-hydrogen) atoms. The zero-order valence-corrected chi connectivity index (χ0v) is 14.5. The molecule has 1 heterocycles. The zero-order chi connectivity index (χ0) is 17.0. The number of rotatable bonds is 4. The van der Waals surface area contributed by atoms with Crippen molar-refractivity contribution in [2.24, 2.45) is 5.92 Å². The van der Waals surface area contributed by atoms with Gasteiger partial charge in [0.15, 0.2) is 0 Å². The largest absolute Gasteiger partial charge is 0.359 e. The summed E-state index contributed by atoms with van der Waals surface area (Å²) in [5.74, 6) is 0.194. The van der Waals surface area contributed by atoms with Gasteiger partial charge in [-0.2, -0.15) is 0 Å². The van der Waals surface area contributed by atoms with Gasteiger partial charge < -0.3 is 10.6 Å². The summed E-state index contributed by atoms with van der Waals surface area (Å²) in [6.07, 6.45) is 1.61. The second kappa shape index (κ2) is 7.59. The molecule has 5 nitrogen and oxygen atoms in total. The Labute approximate surface area is 138 Å². The van der Waals surface area contributed by atoms with Crippen LogP contribution in [0.5, 0.6) is 0 Å². The smallest absolute Gasteiger partial charge is 0.241 e. The summed E-state index contributed by atoms with van der Waals surface area (Å²) >= 11 is 0. The Balaban J connectivity index is 1.93. The van der Waals surface area contributed by atoms with E-state index in [1.807, 2.05) is 39.0 Å². The van der Waals surface area contributed by atoms with Crippen LogP contribution in [0.4, 0.5) is 5.69 Å². The predicted octanol–water partition coefficient (Wildman–Crippen LogP) is 2.09. The van der Waals surface area contributed by atoms with Crippen molar-refractivity contribution in [1.82, 2.24) is 10.2 Å². The summed E-state index contributed by atoms with van der Waals surface area (Å²) in [5, 5.41) is 5.74. The number of carbonyl (C=O) groups excluding carboxylic acids is 2.